The van der Waals surface area contributed by atoms with Crippen molar-refractivity contribution in [2.24, 2.45) is 0 Å². The van der Waals surface area contributed by atoms with Gasteiger partial charge < -0.3 is 10.6 Å². The van der Waals surface area contributed by atoms with Crippen molar-refractivity contribution in [2.75, 3.05) is 12.8 Å². The summed E-state index contributed by atoms with van der Waals surface area (Å²) in [6, 6.07) is 7.65. The van der Waals surface area contributed by atoms with E-state index in [2.05, 4.69) is 0 Å². The Balaban J connectivity index is 2.04. The number of nitrogen functional groups attached to an aromatic ring is 1. The van der Waals surface area contributed by atoms with Crippen molar-refractivity contribution < 1.29 is 4.79 Å². The highest BCUT2D eigenvalue weighted by molar-refractivity contribution is 5.95. The van der Waals surface area contributed by atoms with Crippen LogP contribution in [0.5, 0.6) is 0 Å². The van der Waals surface area contributed by atoms with Gasteiger partial charge in [0.15, 0.2) is 0 Å². The molecule has 2 N–H and O–H groups in total. The summed E-state index contributed by atoms with van der Waals surface area (Å²) in [6.45, 7) is 0. The van der Waals surface area contributed by atoms with E-state index in [9.17, 15) is 4.79 Å². The molecule has 1 amide bonds. The number of hydrogen-bond acceptors (Lipinski definition) is 2. The van der Waals surface area contributed by atoms with E-state index >= 15 is 0 Å². The predicted molar refractivity (Wildman–Crippen MR) is 79.1 cm³/mol. The number of rotatable bonds is 2. The number of hydrogen-bond donors (Lipinski definition) is 1. The van der Waals surface area contributed by atoms with Gasteiger partial charge in [-0.25, -0.2) is 0 Å². The Labute approximate surface area is 115 Å². The minimum Gasteiger partial charge on any atom is -0.399 e. The number of nitrogens with two attached hydrogens (primary N) is 1. The molecule has 0 saturated heterocycles. The molecule has 0 heterocycles. The second-order valence-electron chi connectivity index (χ2n) is 5.54. The lowest BCUT2D eigenvalue weighted by Crippen LogP contribution is -2.37. The van der Waals surface area contributed by atoms with Crippen molar-refractivity contribution in [3.63, 3.8) is 0 Å². The molecule has 0 spiro atoms. The first kappa shape index (κ1) is 13.9. The van der Waals surface area contributed by atoms with Crippen LogP contribution in [0.25, 0.3) is 0 Å². The summed E-state index contributed by atoms with van der Waals surface area (Å²) < 4.78 is 0. The monoisotopic (exact) mass is 260 g/mol. The van der Waals surface area contributed by atoms with Gasteiger partial charge in [-0.05, 0) is 31.0 Å². The zero-order chi connectivity index (χ0) is 13.7. The topological polar surface area (TPSA) is 46.3 Å². The SMILES string of the molecule is CN(C(=O)c1cccc(N)c1)C1CCCCCCC1. The molecular weight excluding hydrogens is 236 g/mol. The van der Waals surface area contributed by atoms with Gasteiger partial charge in [-0.15, -0.1) is 0 Å². The van der Waals surface area contributed by atoms with Crippen LogP contribution in [0, 0.1) is 0 Å². The summed E-state index contributed by atoms with van der Waals surface area (Å²) in [5.74, 6) is 0.0953. The first-order valence-electron chi connectivity index (χ1n) is 7.31. The number of anilines is 1. The summed E-state index contributed by atoms with van der Waals surface area (Å²) in [4.78, 5) is 14.4. The fourth-order valence-electron chi connectivity index (χ4n) is 2.86. The van der Waals surface area contributed by atoms with E-state index in [1.54, 1.807) is 6.07 Å². The van der Waals surface area contributed by atoms with Crippen LogP contribution in [0.1, 0.15) is 55.3 Å². The maximum atomic E-state index is 12.5. The van der Waals surface area contributed by atoms with Crippen LogP contribution in [0.3, 0.4) is 0 Å². The van der Waals surface area contributed by atoms with E-state index < -0.39 is 0 Å². The van der Waals surface area contributed by atoms with Crippen LogP contribution < -0.4 is 5.73 Å². The smallest absolute Gasteiger partial charge is 0.253 e. The van der Waals surface area contributed by atoms with E-state index in [1.807, 2.05) is 30.1 Å². The van der Waals surface area contributed by atoms with Gasteiger partial charge >= 0.3 is 0 Å². The summed E-state index contributed by atoms with van der Waals surface area (Å²) >= 11 is 0. The van der Waals surface area contributed by atoms with Gasteiger partial charge in [0.1, 0.15) is 0 Å². The third kappa shape index (κ3) is 3.72. The van der Waals surface area contributed by atoms with Crippen molar-refractivity contribution in [1.82, 2.24) is 4.90 Å². The van der Waals surface area contributed by atoms with Gasteiger partial charge in [-0.2, -0.15) is 0 Å². The predicted octanol–water partition coefficient (Wildman–Crippen LogP) is 3.45. The Bertz CT molecular complexity index is 423. The third-order valence-electron chi connectivity index (χ3n) is 4.08. The van der Waals surface area contributed by atoms with Gasteiger partial charge in [-0.3, -0.25) is 4.79 Å². The first-order chi connectivity index (χ1) is 9.18. The molecule has 0 bridgehead atoms. The largest absolute Gasteiger partial charge is 0.399 e. The van der Waals surface area contributed by atoms with Crippen LogP contribution in [0.15, 0.2) is 24.3 Å². The molecule has 1 aliphatic rings. The summed E-state index contributed by atoms with van der Waals surface area (Å²) in [7, 11) is 1.93. The molecule has 2 rings (SSSR count). The average Bonchev–Trinajstić information content (AvgIpc) is 2.37. The summed E-state index contributed by atoms with van der Waals surface area (Å²) in [6.07, 6.45) is 8.68. The number of amides is 1. The molecule has 104 valence electrons. The van der Waals surface area contributed by atoms with Crippen molar-refractivity contribution in [1.29, 1.82) is 0 Å². The highest BCUT2D eigenvalue weighted by Crippen LogP contribution is 2.22. The van der Waals surface area contributed by atoms with Crippen LogP contribution in [-0.4, -0.2) is 23.9 Å². The van der Waals surface area contributed by atoms with E-state index in [1.165, 1.54) is 32.1 Å². The number of carbonyl (C=O) groups excluding carboxylic acids is 1. The van der Waals surface area contributed by atoms with Gasteiger partial charge in [0.05, 0.1) is 0 Å². The minimum atomic E-state index is 0.0953. The Morgan fingerprint density at radius 2 is 1.79 bits per heavy atom. The standard InChI is InChI=1S/C16H24N2O/c1-18(15-10-5-3-2-4-6-11-15)16(19)13-8-7-9-14(17)12-13/h7-9,12,15H,2-6,10-11,17H2,1H3. The Morgan fingerprint density at radius 1 is 1.16 bits per heavy atom. The maximum absolute atomic E-state index is 12.5. The molecule has 0 aliphatic heterocycles. The van der Waals surface area contributed by atoms with Gasteiger partial charge in [0, 0.05) is 24.3 Å². The second kappa shape index (κ2) is 6.60. The van der Waals surface area contributed by atoms with Crippen molar-refractivity contribution >= 4 is 11.6 Å². The highest BCUT2D eigenvalue weighted by atomic mass is 16.2. The van der Waals surface area contributed by atoms with Crippen LogP contribution in [0.2, 0.25) is 0 Å². The van der Waals surface area contributed by atoms with Gasteiger partial charge in [0.2, 0.25) is 0 Å². The Kier molecular flexibility index (Phi) is 4.83. The van der Waals surface area contributed by atoms with Crippen LogP contribution in [-0.2, 0) is 0 Å². The minimum absolute atomic E-state index is 0.0953. The molecule has 1 saturated carbocycles. The Morgan fingerprint density at radius 3 is 2.42 bits per heavy atom. The molecule has 3 heteroatoms. The second-order valence-corrected chi connectivity index (χ2v) is 5.54. The summed E-state index contributed by atoms with van der Waals surface area (Å²) in [5.41, 5.74) is 7.10. The maximum Gasteiger partial charge on any atom is 0.253 e. The molecule has 19 heavy (non-hydrogen) atoms. The molecule has 0 atom stereocenters. The van der Waals surface area contributed by atoms with Crippen LogP contribution in [0.4, 0.5) is 5.69 Å². The number of benzene rings is 1. The van der Waals surface area contributed by atoms with Crippen molar-refractivity contribution in [3.8, 4) is 0 Å². The summed E-state index contributed by atoms with van der Waals surface area (Å²) in [5, 5.41) is 0. The highest BCUT2D eigenvalue weighted by Gasteiger charge is 2.21. The van der Waals surface area contributed by atoms with Crippen molar-refractivity contribution in [2.45, 2.75) is 51.0 Å². The molecule has 0 unspecified atom stereocenters. The number of carbonyl (C=O) groups is 1. The molecule has 0 aromatic heterocycles. The zero-order valence-electron chi connectivity index (χ0n) is 11.8. The van der Waals surface area contributed by atoms with Crippen molar-refractivity contribution in [3.05, 3.63) is 29.8 Å². The van der Waals surface area contributed by atoms with E-state index in [-0.39, 0.29) is 5.91 Å². The normalized spacial score (nSPS) is 17.5. The fourth-order valence-corrected chi connectivity index (χ4v) is 2.86. The van der Waals surface area contributed by atoms with E-state index in [0.29, 0.717) is 17.3 Å². The van der Waals surface area contributed by atoms with E-state index in [0.717, 1.165) is 12.8 Å². The van der Waals surface area contributed by atoms with E-state index in [4.69, 9.17) is 5.73 Å². The molecule has 1 aromatic carbocycles. The molecule has 1 aromatic rings. The van der Waals surface area contributed by atoms with Gasteiger partial charge in [0.25, 0.3) is 5.91 Å². The lowest BCUT2D eigenvalue weighted by Gasteiger charge is -2.30. The third-order valence-corrected chi connectivity index (χ3v) is 4.08. The average molecular weight is 260 g/mol. The molecule has 3 nitrogen and oxygen atoms in total. The zero-order valence-corrected chi connectivity index (χ0v) is 11.8. The molecule has 1 aliphatic carbocycles. The van der Waals surface area contributed by atoms with Gasteiger partial charge in [-0.1, -0.05) is 38.2 Å². The van der Waals surface area contributed by atoms with Crippen LogP contribution >= 0.6 is 0 Å². The first-order valence-corrected chi connectivity index (χ1v) is 7.31. The molecular formula is C16H24N2O. The Hall–Kier alpha value is -1.51. The molecule has 0 radical (unpaired) electrons. The lowest BCUT2D eigenvalue weighted by atomic mass is 9.95. The molecule has 1 fully saturated rings. The number of nitrogens with zero attached hydrogens (tertiary/aromatic N) is 1. The quantitative estimate of drug-likeness (QED) is 0.828. The lowest BCUT2D eigenvalue weighted by molar-refractivity contribution is 0.0707. The fraction of sp³-hybridized carbons (Fsp3) is 0.562.